The molecule has 92 valence electrons. The van der Waals surface area contributed by atoms with Crippen LogP contribution in [0.4, 0.5) is 5.95 Å². The molecule has 7 nitrogen and oxygen atoms in total. The summed E-state index contributed by atoms with van der Waals surface area (Å²) in [5.74, 6) is 0.251. The highest BCUT2D eigenvalue weighted by atomic mass is 16.5. The lowest BCUT2D eigenvalue weighted by Gasteiger charge is -2.36. The number of hydrogen-bond donors (Lipinski definition) is 0. The van der Waals surface area contributed by atoms with Crippen LogP contribution in [-0.2, 0) is 15.1 Å². The van der Waals surface area contributed by atoms with Gasteiger partial charge in [0.05, 0.1) is 18.2 Å². The Kier molecular flexibility index (Phi) is 2.41. The average Bonchev–Trinajstić information content (AvgIpc) is 2.75. The predicted molar refractivity (Wildman–Crippen MR) is 60.3 cm³/mol. The molecule has 0 saturated heterocycles. The fourth-order valence-electron chi connectivity index (χ4n) is 2.12. The number of nitrogens with zero attached hydrogens (tertiary/aromatic N) is 5. The molecule has 0 amide bonds. The number of esters is 1. The van der Waals surface area contributed by atoms with E-state index in [2.05, 4.69) is 15.5 Å². The van der Waals surface area contributed by atoms with E-state index < -0.39 is 5.54 Å². The first-order chi connectivity index (χ1) is 7.91. The molecule has 0 spiro atoms. The highest BCUT2D eigenvalue weighted by molar-refractivity contribution is 5.92. The Morgan fingerprint density at radius 2 is 2.06 bits per heavy atom. The van der Waals surface area contributed by atoms with Crippen molar-refractivity contribution in [3.8, 4) is 0 Å². The second-order valence-electron chi connectivity index (χ2n) is 4.46. The Morgan fingerprint density at radius 3 is 2.65 bits per heavy atom. The topological polar surface area (TPSA) is 73.1 Å². The maximum absolute atomic E-state index is 11.9. The first kappa shape index (κ1) is 11.6. The van der Waals surface area contributed by atoms with E-state index in [-0.39, 0.29) is 5.97 Å². The highest BCUT2D eigenvalue weighted by Gasteiger charge is 2.41. The van der Waals surface area contributed by atoms with Crippen molar-refractivity contribution >= 4 is 11.9 Å². The number of carbonyl (C=O) groups is 1. The van der Waals surface area contributed by atoms with E-state index in [9.17, 15) is 4.79 Å². The van der Waals surface area contributed by atoms with Crippen LogP contribution in [-0.4, -0.2) is 40.3 Å². The van der Waals surface area contributed by atoms with Gasteiger partial charge >= 0.3 is 5.97 Å². The molecule has 0 bridgehead atoms. The normalized spacial score (nSPS) is 18.1. The van der Waals surface area contributed by atoms with Gasteiger partial charge in [0.25, 0.3) is 0 Å². The molecule has 17 heavy (non-hydrogen) atoms. The maximum atomic E-state index is 11.9. The Morgan fingerprint density at radius 1 is 1.41 bits per heavy atom. The molecule has 2 heterocycles. The van der Waals surface area contributed by atoms with Crippen molar-refractivity contribution in [1.29, 1.82) is 0 Å². The fourth-order valence-corrected chi connectivity index (χ4v) is 2.12. The third kappa shape index (κ3) is 1.42. The number of aromatic nitrogens is 4. The first-order valence-corrected chi connectivity index (χ1v) is 5.23. The van der Waals surface area contributed by atoms with Gasteiger partial charge in [0, 0.05) is 12.7 Å². The second-order valence-corrected chi connectivity index (χ2v) is 4.46. The third-order valence-electron chi connectivity index (χ3n) is 3.15. The predicted octanol–water partition coefficient (Wildman–Crippen LogP) is 0.305. The molecule has 2 rings (SSSR count). The van der Waals surface area contributed by atoms with Crippen LogP contribution in [0.25, 0.3) is 0 Å². The molecule has 0 atom stereocenters. The molecule has 0 radical (unpaired) electrons. The Bertz CT molecular complexity index is 503. The first-order valence-electron chi connectivity index (χ1n) is 5.23. The third-order valence-corrected chi connectivity index (χ3v) is 3.15. The molecule has 0 aromatic carbocycles. The van der Waals surface area contributed by atoms with Crippen molar-refractivity contribution in [1.82, 2.24) is 20.2 Å². The fraction of sp³-hybridized carbons (Fsp3) is 0.600. The van der Waals surface area contributed by atoms with E-state index in [1.807, 2.05) is 27.8 Å². The number of methoxy groups -OCH3 is 1. The van der Waals surface area contributed by atoms with Crippen LogP contribution in [0.15, 0.2) is 11.3 Å². The van der Waals surface area contributed by atoms with Crippen molar-refractivity contribution in [3.05, 3.63) is 11.3 Å². The number of allylic oxidation sites excluding steroid dienone is 1. The van der Waals surface area contributed by atoms with Crippen LogP contribution in [0.2, 0.25) is 0 Å². The van der Waals surface area contributed by atoms with Gasteiger partial charge in [-0.05, 0) is 31.2 Å². The van der Waals surface area contributed by atoms with Gasteiger partial charge in [0.15, 0.2) is 0 Å². The quantitative estimate of drug-likeness (QED) is 0.654. The van der Waals surface area contributed by atoms with Crippen LogP contribution >= 0.6 is 0 Å². The van der Waals surface area contributed by atoms with Crippen molar-refractivity contribution in [2.75, 3.05) is 19.1 Å². The van der Waals surface area contributed by atoms with E-state index in [0.29, 0.717) is 11.5 Å². The number of tetrazole rings is 1. The lowest BCUT2D eigenvalue weighted by molar-refractivity contribution is -0.137. The lowest BCUT2D eigenvalue weighted by atomic mass is 9.90. The molecule has 0 aliphatic carbocycles. The minimum atomic E-state index is -0.622. The zero-order chi connectivity index (χ0) is 12.8. The molecule has 1 aromatic rings. The van der Waals surface area contributed by atoms with Gasteiger partial charge < -0.3 is 9.64 Å². The number of fused-ring (bicyclic) bond motifs is 1. The Labute approximate surface area is 99.0 Å². The molecular formula is C10H15N5O2. The van der Waals surface area contributed by atoms with Crippen LogP contribution in [0, 0.1) is 0 Å². The van der Waals surface area contributed by atoms with E-state index >= 15 is 0 Å². The summed E-state index contributed by atoms with van der Waals surface area (Å²) in [4.78, 5) is 13.7. The van der Waals surface area contributed by atoms with Gasteiger partial charge in [0.2, 0.25) is 5.95 Å². The lowest BCUT2D eigenvalue weighted by Crippen LogP contribution is -2.43. The zero-order valence-corrected chi connectivity index (χ0v) is 10.6. The van der Waals surface area contributed by atoms with Gasteiger partial charge in [-0.1, -0.05) is 5.10 Å². The van der Waals surface area contributed by atoms with Crippen molar-refractivity contribution < 1.29 is 9.53 Å². The molecule has 7 heteroatoms. The summed E-state index contributed by atoms with van der Waals surface area (Å²) in [5, 5.41) is 11.5. The highest BCUT2D eigenvalue weighted by Crippen LogP contribution is 2.36. The van der Waals surface area contributed by atoms with Crippen molar-refractivity contribution in [2.45, 2.75) is 26.3 Å². The summed E-state index contributed by atoms with van der Waals surface area (Å²) in [6.45, 7) is 5.62. The molecule has 1 aliphatic heterocycles. The molecule has 0 saturated carbocycles. The molecule has 0 fully saturated rings. The Hall–Kier alpha value is -1.92. The number of ether oxygens (including phenoxy) is 1. The summed E-state index contributed by atoms with van der Waals surface area (Å²) < 4.78 is 6.45. The largest absolute Gasteiger partial charge is 0.466 e. The number of rotatable bonds is 1. The van der Waals surface area contributed by atoms with Crippen molar-refractivity contribution in [2.24, 2.45) is 0 Å². The van der Waals surface area contributed by atoms with Gasteiger partial charge in [-0.2, -0.15) is 0 Å². The van der Waals surface area contributed by atoms with E-state index in [1.54, 1.807) is 9.58 Å². The number of carbonyl (C=O) groups excluding carboxylic acids is 1. The summed E-state index contributed by atoms with van der Waals surface area (Å²) in [6, 6.07) is 0. The Balaban J connectivity index is 2.66. The van der Waals surface area contributed by atoms with Crippen molar-refractivity contribution in [3.63, 3.8) is 0 Å². The van der Waals surface area contributed by atoms with Gasteiger partial charge in [0.1, 0.15) is 0 Å². The monoisotopic (exact) mass is 237 g/mol. The SMILES string of the molecule is COC(=O)C1=C(C)N(C)c2nnnn2C1(C)C. The summed E-state index contributed by atoms with van der Waals surface area (Å²) in [7, 11) is 3.18. The number of anilines is 1. The summed E-state index contributed by atoms with van der Waals surface area (Å²) in [5.41, 5.74) is 0.731. The molecule has 1 aliphatic rings. The van der Waals surface area contributed by atoms with Crippen LogP contribution in [0.1, 0.15) is 20.8 Å². The van der Waals surface area contributed by atoms with Gasteiger partial charge in [-0.25, -0.2) is 9.48 Å². The smallest absolute Gasteiger partial charge is 0.337 e. The summed E-state index contributed by atoms with van der Waals surface area (Å²) >= 11 is 0. The molecule has 1 aromatic heterocycles. The van der Waals surface area contributed by atoms with Gasteiger partial charge in [-0.3, -0.25) is 0 Å². The van der Waals surface area contributed by atoms with Crippen LogP contribution in [0.3, 0.4) is 0 Å². The standard InChI is InChI=1S/C10H15N5O2/c1-6-7(8(16)17-5)10(2,3)15-9(14(6)4)11-12-13-15/h1-5H3. The van der Waals surface area contributed by atoms with Gasteiger partial charge in [-0.15, -0.1) is 0 Å². The zero-order valence-electron chi connectivity index (χ0n) is 10.6. The second kappa shape index (κ2) is 3.54. The summed E-state index contributed by atoms with van der Waals surface area (Å²) in [6.07, 6.45) is 0. The molecule has 0 N–H and O–H groups in total. The van der Waals surface area contributed by atoms with Crippen LogP contribution in [0.5, 0.6) is 0 Å². The van der Waals surface area contributed by atoms with E-state index in [1.165, 1.54) is 7.11 Å². The maximum Gasteiger partial charge on any atom is 0.337 e. The minimum Gasteiger partial charge on any atom is -0.466 e. The molecule has 0 unspecified atom stereocenters. The molecular weight excluding hydrogens is 222 g/mol. The van der Waals surface area contributed by atoms with E-state index in [4.69, 9.17) is 4.74 Å². The average molecular weight is 237 g/mol. The van der Waals surface area contributed by atoms with Crippen LogP contribution < -0.4 is 4.90 Å². The number of hydrogen-bond acceptors (Lipinski definition) is 6. The minimum absolute atomic E-state index is 0.361. The van der Waals surface area contributed by atoms with E-state index in [0.717, 1.165) is 5.70 Å².